The lowest BCUT2D eigenvalue weighted by Crippen LogP contribution is -2.40. The van der Waals surface area contributed by atoms with Crippen molar-refractivity contribution in [1.82, 2.24) is 4.98 Å². The number of carbonyl (C=O) groups is 1. The van der Waals surface area contributed by atoms with Gasteiger partial charge >= 0.3 is 17.5 Å². The molecule has 10 heteroatoms. The Morgan fingerprint density at radius 2 is 2.00 bits per heavy atom. The van der Waals surface area contributed by atoms with E-state index in [2.05, 4.69) is 38.8 Å². The number of hydrogen-bond acceptors (Lipinski definition) is 8. The highest BCUT2D eigenvalue weighted by Crippen LogP contribution is 2.38. The first-order chi connectivity index (χ1) is 11.3. The number of anilines is 1. The lowest BCUT2D eigenvalue weighted by molar-refractivity contribution is -0.386. The Kier molecular flexibility index (Phi) is 6.27. The molecule has 1 aromatic rings. The molecule has 0 unspecified atom stereocenters. The summed E-state index contributed by atoms with van der Waals surface area (Å²) in [7, 11) is -2.06. The standard InChI is InChI=1S/C15H26N4O5Si/c1-9(16)14(20)24-13-11(19(21)22)7-10(12(17)18-13)8-23-25(5,6)15(2,3)4/h7,9H,8,16H2,1-6H3,(H2,17,18)/t9-/m0/s1. The van der Waals surface area contributed by atoms with E-state index in [4.69, 9.17) is 20.6 Å². The molecule has 1 atom stereocenters. The average Bonchev–Trinajstić information content (AvgIpc) is 2.44. The van der Waals surface area contributed by atoms with Crippen molar-refractivity contribution in [3.8, 4) is 5.88 Å². The van der Waals surface area contributed by atoms with Crippen molar-refractivity contribution in [2.75, 3.05) is 5.73 Å². The summed E-state index contributed by atoms with van der Waals surface area (Å²) in [6.07, 6.45) is 0. The molecule has 0 spiro atoms. The van der Waals surface area contributed by atoms with Gasteiger partial charge < -0.3 is 20.6 Å². The highest BCUT2D eigenvalue weighted by molar-refractivity contribution is 6.74. The van der Waals surface area contributed by atoms with Crippen LogP contribution in [0.15, 0.2) is 6.07 Å². The molecule has 140 valence electrons. The van der Waals surface area contributed by atoms with Crippen LogP contribution in [0, 0.1) is 10.1 Å². The molecule has 0 bridgehead atoms. The number of hydrogen-bond donors (Lipinski definition) is 2. The van der Waals surface area contributed by atoms with Gasteiger partial charge in [-0.2, -0.15) is 4.98 Å². The summed E-state index contributed by atoms with van der Waals surface area (Å²) in [4.78, 5) is 26.0. The molecule has 25 heavy (non-hydrogen) atoms. The Morgan fingerprint density at radius 1 is 1.44 bits per heavy atom. The Hall–Kier alpha value is -2.04. The van der Waals surface area contributed by atoms with Crippen LogP contribution in [0.1, 0.15) is 33.3 Å². The van der Waals surface area contributed by atoms with Gasteiger partial charge in [0.15, 0.2) is 8.32 Å². The number of esters is 1. The summed E-state index contributed by atoms with van der Waals surface area (Å²) >= 11 is 0. The van der Waals surface area contributed by atoms with Crippen molar-refractivity contribution in [2.24, 2.45) is 5.73 Å². The first kappa shape index (κ1) is 21.0. The first-order valence-corrected chi connectivity index (χ1v) is 10.7. The van der Waals surface area contributed by atoms with Gasteiger partial charge in [-0.1, -0.05) is 20.8 Å². The van der Waals surface area contributed by atoms with Gasteiger partial charge in [-0.15, -0.1) is 0 Å². The molecule has 0 fully saturated rings. The molecular weight excluding hydrogens is 344 g/mol. The Bertz CT molecular complexity index is 671. The third-order valence-corrected chi connectivity index (χ3v) is 8.72. The molecule has 0 saturated carbocycles. The van der Waals surface area contributed by atoms with Gasteiger partial charge in [0.05, 0.1) is 11.5 Å². The lowest BCUT2D eigenvalue weighted by atomic mass is 10.2. The number of nitrogen functional groups attached to an aromatic ring is 1. The van der Waals surface area contributed by atoms with Gasteiger partial charge in [-0.3, -0.25) is 10.1 Å². The number of carbonyl (C=O) groups excluding carboxylic acids is 1. The van der Waals surface area contributed by atoms with Crippen LogP contribution in [-0.2, 0) is 15.8 Å². The molecule has 9 nitrogen and oxygen atoms in total. The zero-order valence-corrected chi connectivity index (χ0v) is 16.5. The lowest BCUT2D eigenvalue weighted by Gasteiger charge is -2.36. The number of nitro groups is 1. The van der Waals surface area contributed by atoms with Crippen LogP contribution in [0.2, 0.25) is 18.1 Å². The molecule has 1 heterocycles. The van der Waals surface area contributed by atoms with Crippen LogP contribution in [0.5, 0.6) is 5.88 Å². The van der Waals surface area contributed by atoms with Crippen LogP contribution in [0.3, 0.4) is 0 Å². The second-order valence-corrected chi connectivity index (χ2v) is 12.2. The largest absolute Gasteiger partial charge is 0.412 e. The maximum Gasteiger partial charge on any atom is 0.332 e. The highest BCUT2D eigenvalue weighted by atomic mass is 28.4. The molecular formula is C15H26N4O5Si. The number of nitrogens with two attached hydrogens (primary N) is 2. The second kappa shape index (κ2) is 7.46. The van der Waals surface area contributed by atoms with Gasteiger partial charge in [0, 0.05) is 11.6 Å². The molecule has 4 N–H and O–H groups in total. The second-order valence-electron chi connectivity index (χ2n) is 7.37. The monoisotopic (exact) mass is 370 g/mol. The summed E-state index contributed by atoms with van der Waals surface area (Å²) in [6.45, 7) is 11.9. The molecule has 0 radical (unpaired) electrons. The first-order valence-electron chi connectivity index (χ1n) is 7.81. The molecule has 1 rings (SSSR count). The number of nitrogens with zero attached hydrogens (tertiary/aromatic N) is 2. The van der Waals surface area contributed by atoms with Gasteiger partial charge in [0.1, 0.15) is 11.9 Å². The number of pyridine rings is 1. The van der Waals surface area contributed by atoms with Gasteiger partial charge in [0.2, 0.25) is 0 Å². The summed E-state index contributed by atoms with van der Waals surface area (Å²) < 4.78 is 10.9. The van der Waals surface area contributed by atoms with Crippen LogP contribution in [-0.4, -0.2) is 30.2 Å². The fourth-order valence-corrected chi connectivity index (χ4v) is 2.47. The number of ether oxygens (including phenoxy) is 1. The van der Waals surface area contributed by atoms with E-state index < -0.39 is 36.8 Å². The van der Waals surface area contributed by atoms with Crippen molar-refractivity contribution in [3.05, 3.63) is 21.7 Å². The van der Waals surface area contributed by atoms with Crippen LogP contribution < -0.4 is 16.2 Å². The maximum absolute atomic E-state index is 11.6. The van der Waals surface area contributed by atoms with Gasteiger partial charge in [-0.05, 0) is 25.1 Å². The summed E-state index contributed by atoms with van der Waals surface area (Å²) in [5.41, 5.74) is 11.2. The zero-order chi connectivity index (χ0) is 19.6. The maximum atomic E-state index is 11.6. The van der Waals surface area contributed by atoms with Gasteiger partial charge in [-0.25, -0.2) is 4.79 Å². The molecule has 0 saturated heterocycles. The third-order valence-electron chi connectivity index (χ3n) is 4.24. The SMILES string of the molecule is C[C@H](N)C(=O)Oc1nc(N)c(CO[Si](C)(C)C(C)(C)C)cc1[N+](=O)[O-]. The topological polar surface area (TPSA) is 144 Å². The quantitative estimate of drug-likeness (QED) is 0.336. The highest BCUT2D eigenvalue weighted by Gasteiger charge is 2.37. The number of rotatable bonds is 6. The fourth-order valence-electron chi connectivity index (χ4n) is 1.52. The Labute approximate surface area is 148 Å². The summed E-state index contributed by atoms with van der Waals surface area (Å²) in [6, 6.07) is 0.281. The van der Waals surface area contributed by atoms with E-state index in [0.29, 0.717) is 5.56 Å². The average molecular weight is 370 g/mol. The Balaban J connectivity index is 3.14. The summed E-state index contributed by atoms with van der Waals surface area (Å²) in [5.74, 6) is -1.29. The fraction of sp³-hybridized carbons (Fsp3) is 0.600. The van der Waals surface area contributed by atoms with Gasteiger partial charge in [0.25, 0.3) is 0 Å². The van der Waals surface area contributed by atoms with E-state index in [0.717, 1.165) is 0 Å². The van der Waals surface area contributed by atoms with E-state index in [1.54, 1.807) is 0 Å². The number of aromatic nitrogens is 1. The molecule has 0 amide bonds. The van der Waals surface area contributed by atoms with Crippen molar-refractivity contribution < 1.29 is 18.9 Å². The summed E-state index contributed by atoms with van der Waals surface area (Å²) in [5, 5.41) is 11.2. The molecule has 0 aliphatic carbocycles. The molecule has 0 aromatic carbocycles. The molecule has 1 aromatic heterocycles. The minimum atomic E-state index is -2.06. The van der Waals surface area contributed by atoms with E-state index in [-0.39, 0.29) is 17.5 Å². The van der Waals surface area contributed by atoms with E-state index in [9.17, 15) is 14.9 Å². The van der Waals surface area contributed by atoms with E-state index in [1.807, 2.05) is 0 Å². The van der Waals surface area contributed by atoms with Crippen molar-refractivity contribution >= 4 is 25.8 Å². The van der Waals surface area contributed by atoms with Crippen molar-refractivity contribution in [2.45, 2.75) is 58.5 Å². The smallest absolute Gasteiger partial charge is 0.332 e. The minimum Gasteiger partial charge on any atom is -0.412 e. The zero-order valence-electron chi connectivity index (χ0n) is 15.5. The van der Waals surface area contributed by atoms with E-state index in [1.165, 1.54) is 13.0 Å². The van der Waals surface area contributed by atoms with Crippen LogP contribution >= 0.6 is 0 Å². The minimum absolute atomic E-state index is 0.0109. The molecule has 0 aliphatic rings. The van der Waals surface area contributed by atoms with Crippen LogP contribution in [0.4, 0.5) is 11.5 Å². The molecule has 0 aliphatic heterocycles. The van der Waals surface area contributed by atoms with E-state index >= 15 is 0 Å². The predicted octanol–water partition coefficient (Wildman–Crippen LogP) is 2.35. The Morgan fingerprint density at radius 3 is 2.44 bits per heavy atom. The van der Waals surface area contributed by atoms with Crippen LogP contribution in [0.25, 0.3) is 0 Å². The third kappa shape index (κ3) is 5.21. The van der Waals surface area contributed by atoms with Crippen molar-refractivity contribution in [1.29, 1.82) is 0 Å². The predicted molar refractivity (Wildman–Crippen MR) is 96.6 cm³/mol. The van der Waals surface area contributed by atoms with Crippen molar-refractivity contribution in [3.63, 3.8) is 0 Å². The normalized spacial score (nSPS) is 13.4.